The molecule has 0 aliphatic rings. The van der Waals surface area contributed by atoms with Gasteiger partial charge in [-0.05, 0) is 26.0 Å². The Morgan fingerprint density at radius 3 is 1.81 bits per heavy atom. The molecule has 0 radical (unpaired) electrons. The van der Waals surface area contributed by atoms with Gasteiger partial charge in [-0.25, -0.2) is 0 Å². The normalized spacial score (nSPS) is 10.9. The van der Waals surface area contributed by atoms with Crippen LogP contribution in [-0.4, -0.2) is 6.29 Å². The van der Waals surface area contributed by atoms with Gasteiger partial charge in [-0.15, -0.1) is 0 Å². The van der Waals surface area contributed by atoms with E-state index in [0.29, 0.717) is 17.1 Å². The van der Waals surface area contributed by atoms with Crippen molar-refractivity contribution in [3.8, 4) is 11.5 Å². The molecule has 0 fully saturated rings. The molecule has 3 heteroatoms. The molecule has 3 nitrogen and oxygen atoms in total. The first-order chi connectivity index (χ1) is 7.80. The summed E-state index contributed by atoms with van der Waals surface area (Å²) in [5.41, 5.74) is 0.515. The maximum absolute atomic E-state index is 10.7. The second-order valence-corrected chi connectivity index (χ2v) is 3.03. The van der Waals surface area contributed by atoms with Crippen molar-refractivity contribution in [1.82, 2.24) is 0 Å². The van der Waals surface area contributed by atoms with E-state index in [2.05, 4.69) is 0 Å². The van der Waals surface area contributed by atoms with E-state index >= 15 is 0 Å². The number of carbonyl (C=O) groups excluding carboxylic acids is 1. The zero-order valence-corrected chi connectivity index (χ0v) is 9.34. The summed E-state index contributed by atoms with van der Waals surface area (Å²) in [7, 11) is 0. The van der Waals surface area contributed by atoms with Gasteiger partial charge in [-0.3, -0.25) is 4.79 Å². The maximum atomic E-state index is 10.7. The Kier molecular flexibility index (Phi) is 4.86. The molecule has 0 saturated carbocycles. The van der Waals surface area contributed by atoms with Crippen LogP contribution >= 0.6 is 0 Å². The Labute approximate surface area is 95.0 Å². The third kappa shape index (κ3) is 3.61. The lowest BCUT2D eigenvalue weighted by Crippen LogP contribution is -1.89. The lowest BCUT2D eigenvalue weighted by Gasteiger charge is -2.05. The Morgan fingerprint density at radius 1 is 0.938 bits per heavy atom. The van der Waals surface area contributed by atoms with Crippen molar-refractivity contribution in [2.45, 2.75) is 13.8 Å². The molecule has 0 unspecified atom stereocenters. The third-order valence-corrected chi connectivity index (χ3v) is 1.72. The predicted octanol–water partition coefficient (Wildman–Crippen LogP) is 3.32. The highest BCUT2D eigenvalue weighted by Crippen LogP contribution is 2.22. The smallest absolute Gasteiger partial charge is 0.150 e. The van der Waals surface area contributed by atoms with Gasteiger partial charge >= 0.3 is 0 Å². The van der Waals surface area contributed by atoms with Crippen molar-refractivity contribution in [3.05, 3.63) is 48.4 Å². The van der Waals surface area contributed by atoms with E-state index in [1.165, 1.54) is 0 Å². The molecule has 0 spiro atoms. The molecule has 1 rings (SSSR count). The Bertz CT molecular complexity index is 373. The number of aldehydes is 1. The molecule has 1 aromatic rings. The van der Waals surface area contributed by atoms with Gasteiger partial charge in [0, 0.05) is 11.6 Å². The topological polar surface area (TPSA) is 35.5 Å². The molecule has 0 atom stereocenters. The van der Waals surface area contributed by atoms with Crippen LogP contribution in [0, 0.1) is 0 Å². The van der Waals surface area contributed by atoms with Crippen LogP contribution in [0.1, 0.15) is 24.2 Å². The summed E-state index contributed by atoms with van der Waals surface area (Å²) in [6.45, 7) is 3.70. The second-order valence-electron chi connectivity index (χ2n) is 3.03. The van der Waals surface area contributed by atoms with Crippen LogP contribution in [-0.2, 0) is 0 Å². The first-order valence-corrected chi connectivity index (χ1v) is 4.96. The van der Waals surface area contributed by atoms with E-state index in [-0.39, 0.29) is 0 Å². The first-order valence-electron chi connectivity index (χ1n) is 4.96. The molecule has 84 valence electrons. The quantitative estimate of drug-likeness (QED) is 0.561. The molecule has 0 N–H and O–H groups in total. The SMILES string of the molecule is CC=COc1cc(C=O)cc(OC=CC)c1. The summed E-state index contributed by atoms with van der Waals surface area (Å²) in [6, 6.07) is 5.01. The van der Waals surface area contributed by atoms with Crippen LogP contribution in [0.3, 0.4) is 0 Å². The highest BCUT2D eigenvalue weighted by Gasteiger charge is 2.01. The summed E-state index contributed by atoms with van der Waals surface area (Å²) < 4.78 is 10.5. The van der Waals surface area contributed by atoms with E-state index in [4.69, 9.17) is 9.47 Å². The number of hydrogen-bond donors (Lipinski definition) is 0. The van der Waals surface area contributed by atoms with Crippen molar-refractivity contribution >= 4 is 6.29 Å². The first kappa shape index (κ1) is 12.0. The zero-order valence-electron chi connectivity index (χ0n) is 9.34. The van der Waals surface area contributed by atoms with Crippen LogP contribution in [0.4, 0.5) is 0 Å². The standard InChI is InChI=1S/C13H14O3/c1-3-5-15-12-7-11(10-14)8-13(9-12)16-6-4-2/h3-10H,1-2H3. The van der Waals surface area contributed by atoms with Gasteiger partial charge in [-0.1, -0.05) is 12.2 Å². The molecule has 1 aromatic carbocycles. The number of benzene rings is 1. The van der Waals surface area contributed by atoms with Crippen LogP contribution in [0.2, 0.25) is 0 Å². The fraction of sp³-hybridized carbons (Fsp3) is 0.154. The Balaban J connectivity index is 2.95. The monoisotopic (exact) mass is 218 g/mol. The Hall–Kier alpha value is -2.03. The Morgan fingerprint density at radius 2 is 1.44 bits per heavy atom. The van der Waals surface area contributed by atoms with Crippen molar-refractivity contribution in [2.75, 3.05) is 0 Å². The fourth-order valence-corrected chi connectivity index (χ4v) is 1.09. The van der Waals surface area contributed by atoms with Gasteiger partial charge in [-0.2, -0.15) is 0 Å². The molecule has 0 heterocycles. The zero-order chi connectivity index (χ0) is 11.8. The third-order valence-electron chi connectivity index (χ3n) is 1.72. The molecular weight excluding hydrogens is 204 g/mol. The predicted molar refractivity (Wildman–Crippen MR) is 62.7 cm³/mol. The number of allylic oxidation sites excluding steroid dienone is 2. The van der Waals surface area contributed by atoms with Crippen LogP contribution in [0.15, 0.2) is 42.9 Å². The number of ether oxygens (including phenoxy) is 2. The van der Waals surface area contributed by atoms with Crippen LogP contribution in [0.25, 0.3) is 0 Å². The highest BCUT2D eigenvalue weighted by atomic mass is 16.5. The van der Waals surface area contributed by atoms with Gasteiger partial charge in [0.05, 0.1) is 12.5 Å². The van der Waals surface area contributed by atoms with Gasteiger partial charge in [0.2, 0.25) is 0 Å². The summed E-state index contributed by atoms with van der Waals surface area (Å²) in [5.74, 6) is 1.14. The van der Waals surface area contributed by atoms with Gasteiger partial charge < -0.3 is 9.47 Å². The van der Waals surface area contributed by atoms with Gasteiger partial charge in [0.15, 0.2) is 0 Å². The van der Waals surface area contributed by atoms with E-state index in [0.717, 1.165) is 6.29 Å². The number of hydrogen-bond acceptors (Lipinski definition) is 3. The van der Waals surface area contributed by atoms with E-state index in [1.807, 2.05) is 13.8 Å². The van der Waals surface area contributed by atoms with Crippen LogP contribution < -0.4 is 9.47 Å². The minimum absolute atomic E-state index is 0.515. The van der Waals surface area contributed by atoms with Gasteiger partial charge in [0.1, 0.15) is 17.8 Å². The lowest BCUT2D eigenvalue weighted by atomic mass is 10.2. The number of rotatable bonds is 5. The minimum Gasteiger partial charge on any atom is -0.465 e. The second kappa shape index (κ2) is 6.45. The average molecular weight is 218 g/mol. The maximum Gasteiger partial charge on any atom is 0.150 e. The highest BCUT2D eigenvalue weighted by molar-refractivity contribution is 5.76. The minimum atomic E-state index is 0.515. The summed E-state index contributed by atoms with van der Waals surface area (Å²) in [4.78, 5) is 10.7. The molecule has 0 aromatic heterocycles. The molecule has 0 amide bonds. The molecule has 0 aliphatic heterocycles. The molecular formula is C13H14O3. The molecule has 0 aliphatic carbocycles. The fourth-order valence-electron chi connectivity index (χ4n) is 1.09. The van der Waals surface area contributed by atoms with E-state index < -0.39 is 0 Å². The molecule has 0 bridgehead atoms. The lowest BCUT2D eigenvalue weighted by molar-refractivity contribution is 0.112. The summed E-state index contributed by atoms with van der Waals surface area (Å²) in [6.07, 6.45) is 7.37. The molecule has 0 saturated heterocycles. The summed E-state index contributed by atoms with van der Waals surface area (Å²) in [5, 5.41) is 0. The van der Waals surface area contributed by atoms with E-state index in [1.54, 1.807) is 42.9 Å². The number of carbonyl (C=O) groups is 1. The van der Waals surface area contributed by atoms with Crippen molar-refractivity contribution in [2.24, 2.45) is 0 Å². The molecule has 16 heavy (non-hydrogen) atoms. The van der Waals surface area contributed by atoms with E-state index in [9.17, 15) is 4.79 Å². The van der Waals surface area contributed by atoms with Crippen LogP contribution in [0.5, 0.6) is 11.5 Å². The largest absolute Gasteiger partial charge is 0.465 e. The summed E-state index contributed by atoms with van der Waals surface area (Å²) >= 11 is 0. The van der Waals surface area contributed by atoms with Gasteiger partial charge in [0.25, 0.3) is 0 Å². The van der Waals surface area contributed by atoms with Crippen molar-refractivity contribution in [1.29, 1.82) is 0 Å². The average Bonchev–Trinajstić information content (AvgIpc) is 2.33. The van der Waals surface area contributed by atoms with Crippen molar-refractivity contribution in [3.63, 3.8) is 0 Å². The van der Waals surface area contributed by atoms with Crippen molar-refractivity contribution < 1.29 is 14.3 Å².